The number of hydrogen-bond acceptors (Lipinski definition) is 6. The minimum absolute atomic E-state index is 0.252. The second kappa shape index (κ2) is 6.55. The van der Waals surface area contributed by atoms with Gasteiger partial charge < -0.3 is 9.64 Å². The fourth-order valence-corrected chi connectivity index (χ4v) is 1.37. The van der Waals surface area contributed by atoms with Crippen LogP contribution in [0.5, 0.6) is 0 Å². The summed E-state index contributed by atoms with van der Waals surface area (Å²) in [5.41, 5.74) is 1.04. The predicted octanol–water partition coefficient (Wildman–Crippen LogP) is 1.05. The number of nitrogens with zero attached hydrogens (tertiary/aromatic N) is 4. The van der Waals surface area contributed by atoms with Crippen LogP contribution in [-0.4, -0.2) is 36.1 Å². The van der Waals surface area contributed by atoms with Gasteiger partial charge in [0.1, 0.15) is 11.8 Å². The fraction of sp³-hybridized carbons (Fsp3) is 0.500. The molecule has 0 radical (unpaired) electrons. The van der Waals surface area contributed by atoms with Crippen LogP contribution in [0.2, 0.25) is 0 Å². The van der Waals surface area contributed by atoms with Gasteiger partial charge in [-0.2, -0.15) is 5.26 Å². The zero-order valence-electron chi connectivity index (χ0n) is 10.8. The maximum Gasteiger partial charge on any atom is 0.307 e. The highest BCUT2D eigenvalue weighted by Crippen LogP contribution is 2.08. The molecule has 0 bridgehead atoms. The highest BCUT2D eigenvalue weighted by molar-refractivity contribution is 5.70. The van der Waals surface area contributed by atoms with Crippen LogP contribution in [0.15, 0.2) is 6.07 Å². The molecule has 0 amide bonds. The highest BCUT2D eigenvalue weighted by atomic mass is 16.5. The van der Waals surface area contributed by atoms with Gasteiger partial charge >= 0.3 is 5.97 Å². The standard InChI is InChI=1S/C12H16N4O2/c1-4-18-11(17)5-6-16(3)12-14-9(2)7-10(8-13)15-12/h7H,4-6H2,1-3H3. The SMILES string of the molecule is CCOC(=O)CCN(C)c1nc(C)cc(C#N)n1. The van der Waals surface area contributed by atoms with E-state index in [0.717, 1.165) is 5.69 Å². The number of aromatic nitrogens is 2. The average Bonchev–Trinajstić information content (AvgIpc) is 2.35. The van der Waals surface area contributed by atoms with Crippen LogP contribution in [0.3, 0.4) is 0 Å². The van der Waals surface area contributed by atoms with Gasteiger partial charge in [0, 0.05) is 19.3 Å². The number of aryl methyl sites for hydroxylation is 1. The molecule has 0 unspecified atom stereocenters. The Kier molecular flexibility index (Phi) is 5.06. The monoisotopic (exact) mass is 248 g/mol. The Morgan fingerprint density at radius 1 is 1.56 bits per heavy atom. The molecular formula is C12H16N4O2. The van der Waals surface area contributed by atoms with Crippen molar-refractivity contribution in [2.75, 3.05) is 25.1 Å². The molecular weight excluding hydrogens is 232 g/mol. The molecule has 1 aromatic rings. The van der Waals surface area contributed by atoms with E-state index in [-0.39, 0.29) is 12.4 Å². The van der Waals surface area contributed by atoms with E-state index in [1.807, 2.05) is 6.07 Å². The summed E-state index contributed by atoms with van der Waals surface area (Å²) in [6.07, 6.45) is 0.267. The number of esters is 1. The molecule has 0 saturated heterocycles. The quantitative estimate of drug-likeness (QED) is 0.724. The summed E-state index contributed by atoms with van der Waals surface area (Å²) in [6.45, 7) is 4.39. The van der Waals surface area contributed by atoms with E-state index in [4.69, 9.17) is 10.00 Å². The van der Waals surface area contributed by atoms with Gasteiger partial charge in [0.2, 0.25) is 5.95 Å². The lowest BCUT2D eigenvalue weighted by molar-refractivity contribution is -0.142. The topological polar surface area (TPSA) is 79.1 Å². The van der Waals surface area contributed by atoms with Crippen LogP contribution in [0.4, 0.5) is 5.95 Å². The smallest absolute Gasteiger partial charge is 0.307 e. The maximum atomic E-state index is 11.2. The summed E-state index contributed by atoms with van der Waals surface area (Å²) in [7, 11) is 1.77. The molecule has 0 aromatic carbocycles. The zero-order chi connectivity index (χ0) is 13.5. The van der Waals surface area contributed by atoms with Gasteiger partial charge in [-0.15, -0.1) is 0 Å². The minimum Gasteiger partial charge on any atom is -0.466 e. The van der Waals surface area contributed by atoms with Gasteiger partial charge in [-0.3, -0.25) is 4.79 Å². The molecule has 0 aliphatic carbocycles. The summed E-state index contributed by atoms with van der Waals surface area (Å²) in [6, 6.07) is 3.59. The highest BCUT2D eigenvalue weighted by Gasteiger charge is 2.09. The maximum absolute atomic E-state index is 11.2. The number of carbonyl (C=O) groups excluding carboxylic acids is 1. The van der Waals surface area contributed by atoms with Crippen molar-refractivity contribution in [3.05, 3.63) is 17.5 Å². The Labute approximate surface area is 106 Å². The van der Waals surface area contributed by atoms with Gasteiger partial charge in [-0.1, -0.05) is 0 Å². The summed E-state index contributed by atoms with van der Waals surface area (Å²) in [5.74, 6) is 0.188. The van der Waals surface area contributed by atoms with Crippen molar-refractivity contribution in [3.63, 3.8) is 0 Å². The van der Waals surface area contributed by atoms with Crippen LogP contribution >= 0.6 is 0 Å². The van der Waals surface area contributed by atoms with Crippen molar-refractivity contribution in [3.8, 4) is 6.07 Å². The number of anilines is 1. The molecule has 0 aliphatic heterocycles. The third-order valence-electron chi connectivity index (χ3n) is 2.26. The van der Waals surface area contributed by atoms with Gasteiger partial charge in [-0.25, -0.2) is 9.97 Å². The van der Waals surface area contributed by atoms with Crippen LogP contribution < -0.4 is 4.90 Å². The molecule has 0 spiro atoms. The first kappa shape index (κ1) is 13.9. The molecule has 0 atom stereocenters. The number of hydrogen-bond donors (Lipinski definition) is 0. The number of ether oxygens (including phenoxy) is 1. The Hall–Kier alpha value is -2.16. The fourth-order valence-electron chi connectivity index (χ4n) is 1.37. The molecule has 96 valence electrons. The average molecular weight is 248 g/mol. The van der Waals surface area contributed by atoms with E-state index in [2.05, 4.69) is 9.97 Å². The molecule has 1 rings (SSSR count). The second-order valence-electron chi connectivity index (χ2n) is 3.78. The van der Waals surface area contributed by atoms with Crippen molar-refractivity contribution in [2.24, 2.45) is 0 Å². The van der Waals surface area contributed by atoms with Crippen LogP contribution in [-0.2, 0) is 9.53 Å². The molecule has 0 fully saturated rings. The first-order valence-electron chi connectivity index (χ1n) is 5.69. The lowest BCUT2D eigenvalue weighted by Crippen LogP contribution is -2.24. The molecule has 0 N–H and O–H groups in total. The molecule has 6 nitrogen and oxygen atoms in total. The van der Waals surface area contributed by atoms with Crippen molar-refractivity contribution in [2.45, 2.75) is 20.3 Å². The predicted molar refractivity (Wildman–Crippen MR) is 66.0 cm³/mol. The third kappa shape index (κ3) is 4.01. The van der Waals surface area contributed by atoms with Gasteiger partial charge in [0.15, 0.2) is 0 Å². The minimum atomic E-state index is -0.252. The molecule has 0 saturated carbocycles. The molecule has 0 aliphatic rings. The lowest BCUT2D eigenvalue weighted by Gasteiger charge is -2.16. The molecule has 1 heterocycles. The van der Waals surface area contributed by atoms with Gasteiger partial charge in [0.05, 0.1) is 13.0 Å². The first-order chi connectivity index (χ1) is 8.56. The van der Waals surface area contributed by atoms with E-state index < -0.39 is 0 Å². The Morgan fingerprint density at radius 2 is 2.28 bits per heavy atom. The summed E-state index contributed by atoms with van der Waals surface area (Å²) in [5, 5.41) is 8.82. The molecule has 1 aromatic heterocycles. The van der Waals surface area contributed by atoms with E-state index >= 15 is 0 Å². The zero-order valence-corrected chi connectivity index (χ0v) is 10.8. The molecule has 18 heavy (non-hydrogen) atoms. The van der Waals surface area contributed by atoms with E-state index in [1.165, 1.54) is 0 Å². The Bertz CT molecular complexity index is 468. The third-order valence-corrected chi connectivity index (χ3v) is 2.26. The van der Waals surface area contributed by atoms with E-state index in [1.54, 1.807) is 31.9 Å². The van der Waals surface area contributed by atoms with Crippen LogP contribution in [0, 0.1) is 18.3 Å². The van der Waals surface area contributed by atoms with Crippen molar-refractivity contribution in [1.29, 1.82) is 5.26 Å². The first-order valence-corrected chi connectivity index (χ1v) is 5.69. The van der Waals surface area contributed by atoms with E-state index in [0.29, 0.717) is 24.8 Å². The summed E-state index contributed by atoms with van der Waals surface area (Å²) in [4.78, 5) is 21.2. The number of carbonyl (C=O) groups is 1. The summed E-state index contributed by atoms with van der Waals surface area (Å²) < 4.78 is 4.84. The second-order valence-corrected chi connectivity index (χ2v) is 3.78. The van der Waals surface area contributed by atoms with Crippen molar-refractivity contribution >= 4 is 11.9 Å². The summed E-state index contributed by atoms with van der Waals surface area (Å²) >= 11 is 0. The number of nitriles is 1. The Balaban J connectivity index is 2.67. The van der Waals surface area contributed by atoms with Crippen LogP contribution in [0.1, 0.15) is 24.7 Å². The normalized spacial score (nSPS) is 9.67. The van der Waals surface area contributed by atoms with Gasteiger partial charge in [-0.05, 0) is 19.9 Å². The van der Waals surface area contributed by atoms with Crippen molar-refractivity contribution < 1.29 is 9.53 Å². The largest absolute Gasteiger partial charge is 0.466 e. The number of rotatable bonds is 5. The lowest BCUT2D eigenvalue weighted by atomic mass is 10.3. The van der Waals surface area contributed by atoms with Crippen molar-refractivity contribution in [1.82, 2.24) is 9.97 Å². The van der Waals surface area contributed by atoms with E-state index in [9.17, 15) is 4.79 Å². The Morgan fingerprint density at radius 3 is 2.89 bits per heavy atom. The molecule has 6 heteroatoms. The van der Waals surface area contributed by atoms with Gasteiger partial charge in [0.25, 0.3) is 0 Å². The van der Waals surface area contributed by atoms with Crippen LogP contribution in [0.25, 0.3) is 0 Å².